The number of azide groups is 1. The molecule has 20 heavy (non-hydrogen) atoms. The Balaban J connectivity index is 2.95. The molecule has 0 spiro atoms. The molecule has 1 aromatic rings. The summed E-state index contributed by atoms with van der Waals surface area (Å²) in [6.07, 6.45) is -2.41. The van der Waals surface area contributed by atoms with Gasteiger partial charge >= 0.3 is 5.97 Å². The fraction of sp³-hybridized carbons (Fsp3) is 0.417. The molecule has 8 nitrogen and oxygen atoms in total. The Morgan fingerprint density at radius 1 is 1.45 bits per heavy atom. The van der Waals surface area contributed by atoms with Crippen molar-refractivity contribution in [3.05, 3.63) is 39.8 Å². The average molecular weight is 281 g/mol. The molecule has 1 rings (SSSR count). The van der Waals surface area contributed by atoms with Crippen molar-refractivity contribution in [3.63, 3.8) is 0 Å². The monoisotopic (exact) mass is 281 g/mol. The Labute approximate surface area is 114 Å². The van der Waals surface area contributed by atoms with Crippen LogP contribution in [0.2, 0.25) is 0 Å². The van der Waals surface area contributed by atoms with E-state index in [2.05, 4.69) is 10.0 Å². The van der Waals surface area contributed by atoms with Crippen LogP contribution >= 0.6 is 0 Å². The molecule has 0 aromatic heterocycles. The first-order valence-electron chi connectivity index (χ1n) is 5.79. The molecule has 0 saturated heterocycles. The summed E-state index contributed by atoms with van der Waals surface area (Å²) >= 11 is 0. The van der Waals surface area contributed by atoms with E-state index in [4.69, 9.17) is 15.4 Å². The number of nitrogens with zero attached hydrogens (tertiary/aromatic N) is 3. The molecule has 2 atom stereocenters. The molecular weight excluding hydrogens is 266 g/mol. The van der Waals surface area contributed by atoms with Gasteiger partial charge in [0.25, 0.3) is 0 Å². The number of hydrogen-bond acceptors (Lipinski definition) is 5. The summed E-state index contributed by atoms with van der Waals surface area (Å²) in [6, 6.07) is 4.01. The number of hydrogen-bond donors (Lipinski definition) is 3. The highest BCUT2D eigenvalue weighted by Crippen LogP contribution is 2.25. The standard InChI is InChI=1S/C12H15N3O5/c1-20-9-5-7(4-8(6-9)12(18)19)11(17)10(16)2-3-14-15-13/h4-6,10-11,16-17H,2-3H2,1H3,(H,18,19). The lowest BCUT2D eigenvalue weighted by atomic mass is 9.99. The number of aromatic carboxylic acids is 1. The van der Waals surface area contributed by atoms with E-state index in [1.165, 1.54) is 25.3 Å². The summed E-state index contributed by atoms with van der Waals surface area (Å²) in [6.45, 7) is 0.0322. The second kappa shape index (κ2) is 7.34. The van der Waals surface area contributed by atoms with Gasteiger partial charge in [0.05, 0.1) is 18.8 Å². The summed E-state index contributed by atoms with van der Waals surface area (Å²) in [5, 5.41) is 32.0. The summed E-state index contributed by atoms with van der Waals surface area (Å²) in [5.74, 6) is -0.901. The lowest BCUT2D eigenvalue weighted by Gasteiger charge is -2.18. The van der Waals surface area contributed by atoms with Gasteiger partial charge in [-0.2, -0.15) is 0 Å². The van der Waals surface area contributed by atoms with Crippen LogP contribution in [0.4, 0.5) is 0 Å². The molecule has 0 fully saturated rings. The fourth-order valence-electron chi connectivity index (χ4n) is 1.65. The second-order valence-corrected chi connectivity index (χ2v) is 4.06. The molecule has 0 saturated carbocycles. The predicted molar refractivity (Wildman–Crippen MR) is 69.5 cm³/mol. The van der Waals surface area contributed by atoms with Gasteiger partial charge in [-0.1, -0.05) is 5.11 Å². The number of carboxylic acid groups (broad SMARTS) is 1. The van der Waals surface area contributed by atoms with Crippen LogP contribution in [0.1, 0.15) is 28.4 Å². The van der Waals surface area contributed by atoms with Gasteiger partial charge in [-0.05, 0) is 35.7 Å². The number of benzene rings is 1. The number of carbonyl (C=O) groups is 1. The van der Waals surface area contributed by atoms with E-state index in [0.29, 0.717) is 0 Å². The minimum Gasteiger partial charge on any atom is -0.497 e. The van der Waals surface area contributed by atoms with Gasteiger partial charge in [-0.25, -0.2) is 4.79 Å². The van der Waals surface area contributed by atoms with E-state index < -0.39 is 18.2 Å². The largest absolute Gasteiger partial charge is 0.497 e. The molecule has 1 aromatic carbocycles. The van der Waals surface area contributed by atoms with E-state index in [1.54, 1.807) is 0 Å². The average Bonchev–Trinajstić information content (AvgIpc) is 2.45. The van der Waals surface area contributed by atoms with Crippen LogP contribution in [0.15, 0.2) is 23.3 Å². The SMILES string of the molecule is COc1cc(C(=O)O)cc(C(O)C(O)CCN=[N+]=[N-])c1. The van der Waals surface area contributed by atoms with Crippen molar-refractivity contribution >= 4 is 5.97 Å². The van der Waals surface area contributed by atoms with Crippen LogP contribution in [0, 0.1) is 0 Å². The van der Waals surface area contributed by atoms with E-state index >= 15 is 0 Å². The predicted octanol–water partition coefficient (Wildman–Crippen LogP) is 1.49. The maximum atomic E-state index is 11.0. The Hall–Kier alpha value is -2.28. The lowest BCUT2D eigenvalue weighted by Crippen LogP contribution is -2.19. The number of rotatable bonds is 7. The van der Waals surface area contributed by atoms with Gasteiger partial charge in [-0.3, -0.25) is 0 Å². The van der Waals surface area contributed by atoms with Crippen molar-refractivity contribution in [1.82, 2.24) is 0 Å². The van der Waals surface area contributed by atoms with Crippen molar-refractivity contribution in [1.29, 1.82) is 0 Å². The van der Waals surface area contributed by atoms with Crippen molar-refractivity contribution < 1.29 is 24.9 Å². The Bertz CT molecular complexity index is 528. The number of ether oxygens (including phenoxy) is 1. The molecule has 0 heterocycles. The highest BCUT2D eigenvalue weighted by atomic mass is 16.5. The molecule has 2 unspecified atom stereocenters. The van der Waals surface area contributed by atoms with E-state index in [0.717, 1.165) is 0 Å². The molecule has 108 valence electrons. The number of aliphatic hydroxyl groups is 2. The van der Waals surface area contributed by atoms with Crippen LogP contribution in [0.25, 0.3) is 10.4 Å². The van der Waals surface area contributed by atoms with E-state index in [1.807, 2.05) is 0 Å². The highest BCUT2D eigenvalue weighted by molar-refractivity contribution is 5.88. The van der Waals surface area contributed by atoms with Gasteiger partial charge in [-0.15, -0.1) is 0 Å². The quantitative estimate of drug-likeness (QED) is 0.395. The van der Waals surface area contributed by atoms with Crippen LogP contribution in [0.3, 0.4) is 0 Å². The van der Waals surface area contributed by atoms with Crippen LogP contribution in [0.5, 0.6) is 5.75 Å². The van der Waals surface area contributed by atoms with Gasteiger partial charge < -0.3 is 20.1 Å². The molecule has 0 aliphatic rings. The first-order valence-corrected chi connectivity index (χ1v) is 5.79. The maximum absolute atomic E-state index is 11.0. The normalized spacial score (nSPS) is 13.2. The van der Waals surface area contributed by atoms with Crippen molar-refractivity contribution in [2.75, 3.05) is 13.7 Å². The molecule has 3 N–H and O–H groups in total. The molecule has 0 bridgehead atoms. The van der Waals surface area contributed by atoms with E-state index in [9.17, 15) is 15.0 Å². The Morgan fingerprint density at radius 3 is 2.70 bits per heavy atom. The van der Waals surface area contributed by atoms with Crippen LogP contribution in [-0.2, 0) is 0 Å². The summed E-state index contributed by atoms with van der Waals surface area (Å²) in [4.78, 5) is 13.5. The molecule has 0 radical (unpaired) electrons. The zero-order valence-corrected chi connectivity index (χ0v) is 10.8. The zero-order chi connectivity index (χ0) is 15.1. The third-order valence-corrected chi connectivity index (χ3v) is 2.71. The van der Waals surface area contributed by atoms with Gasteiger partial charge in [0, 0.05) is 11.5 Å². The van der Waals surface area contributed by atoms with Gasteiger partial charge in [0.15, 0.2) is 0 Å². The Kier molecular flexibility index (Phi) is 5.79. The minimum atomic E-state index is -1.29. The first-order chi connectivity index (χ1) is 9.49. The smallest absolute Gasteiger partial charge is 0.335 e. The van der Waals surface area contributed by atoms with Crippen molar-refractivity contribution in [2.45, 2.75) is 18.6 Å². The molecule has 8 heteroatoms. The third kappa shape index (κ3) is 4.13. The van der Waals surface area contributed by atoms with Crippen LogP contribution in [-0.4, -0.2) is 41.0 Å². The van der Waals surface area contributed by atoms with Crippen molar-refractivity contribution in [3.8, 4) is 5.75 Å². The number of aliphatic hydroxyl groups excluding tert-OH is 2. The maximum Gasteiger partial charge on any atom is 0.335 e. The van der Waals surface area contributed by atoms with E-state index in [-0.39, 0.29) is 29.8 Å². The van der Waals surface area contributed by atoms with Crippen LogP contribution < -0.4 is 4.74 Å². The lowest BCUT2D eigenvalue weighted by molar-refractivity contribution is 0.0148. The number of carboxylic acids is 1. The third-order valence-electron chi connectivity index (χ3n) is 2.71. The summed E-state index contributed by atoms with van der Waals surface area (Å²) in [5.41, 5.74) is 8.30. The second-order valence-electron chi connectivity index (χ2n) is 4.06. The van der Waals surface area contributed by atoms with Gasteiger partial charge in [0.2, 0.25) is 0 Å². The highest BCUT2D eigenvalue weighted by Gasteiger charge is 2.20. The van der Waals surface area contributed by atoms with Gasteiger partial charge in [0.1, 0.15) is 11.9 Å². The molecular formula is C12H15N3O5. The Morgan fingerprint density at radius 2 is 2.15 bits per heavy atom. The summed E-state index contributed by atoms with van der Waals surface area (Å²) < 4.78 is 4.95. The molecule has 0 aliphatic heterocycles. The molecule has 0 aliphatic carbocycles. The fourth-order valence-corrected chi connectivity index (χ4v) is 1.65. The minimum absolute atomic E-state index is 0.0322. The number of methoxy groups -OCH3 is 1. The van der Waals surface area contributed by atoms with Crippen molar-refractivity contribution in [2.24, 2.45) is 5.11 Å². The topological polar surface area (TPSA) is 136 Å². The zero-order valence-electron chi connectivity index (χ0n) is 10.8. The summed E-state index contributed by atoms with van der Waals surface area (Å²) in [7, 11) is 1.37. The first kappa shape index (κ1) is 15.8. The molecule has 0 amide bonds.